The molecule has 2 atom stereocenters. The van der Waals surface area contributed by atoms with E-state index >= 15 is 0 Å². The fraction of sp³-hybridized carbons (Fsp3) is 0.139. The largest absolute Gasteiger partial charge is 0.497 e. The zero-order valence-electron chi connectivity index (χ0n) is 22.4. The summed E-state index contributed by atoms with van der Waals surface area (Å²) in [5.41, 5.74) is 4.76. The highest BCUT2D eigenvalue weighted by molar-refractivity contribution is 6.27. The highest BCUT2D eigenvalue weighted by Crippen LogP contribution is 2.64. The first-order chi connectivity index (χ1) is 20.1. The van der Waals surface area contributed by atoms with Crippen molar-refractivity contribution >= 4 is 40.2 Å². The Morgan fingerprint density at radius 3 is 2.07 bits per heavy atom. The minimum atomic E-state index is -0.904. The molecular weight excluding hydrogens is 508 g/mol. The van der Waals surface area contributed by atoms with Crippen LogP contribution in [-0.2, 0) is 15.0 Å². The number of amides is 2. The van der Waals surface area contributed by atoms with E-state index in [4.69, 9.17) is 9.73 Å². The number of imide groups is 1. The van der Waals surface area contributed by atoms with Gasteiger partial charge in [-0.3, -0.25) is 14.6 Å². The Labute approximate surface area is 237 Å². The van der Waals surface area contributed by atoms with Crippen LogP contribution < -0.4 is 9.64 Å². The van der Waals surface area contributed by atoms with E-state index in [-0.39, 0.29) is 17.7 Å². The summed E-state index contributed by atoms with van der Waals surface area (Å²) in [6, 6.07) is 37.8. The normalized spacial score (nSPS) is 24.0. The van der Waals surface area contributed by atoms with E-state index < -0.39 is 17.3 Å². The van der Waals surface area contributed by atoms with Gasteiger partial charge in [0.2, 0.25) is 11.8 Å². The molecule has 41 heavy (non-hydrogen) atoms. The number of nitrogens with zero attached hydrogens (tertiary/aromatic N) is 2. The summed E-state index contributed by atoms with van der Waals surface area (Å²) in [6.45, 7) is 0. The molecule has 3 aliphatic carbocycles. The first kappa shape index (κ1) is 23.8. The Hall–Kier alpha value is -5.03. The smallest absolute Gasteiger partial charge is 0.239 e. The third-order valence-corrected chi connectivity index (χ3v) is 9.18. The molecule has 5 nitrogen and oxygen atoms in total. The van der Waals surface area contributed by atoms with Gasteiger partial charge in [-0.2, -0.15) is 0 Å². The van der Waals surface area contributed by atoms with Crippen molar-refractivity contribution < 1.29 is 14.3 Å². The predicted octanol–water partition coefficient (Wildman–Crippen LogP) is 6.80. The molecule has 0 saturated carbocycles. The lowest BCUT2D eigenvalue weighted by Crippen LogP contribution is -2.54. The Bertz CT molecular complexity index is 1860. The molecule has 0 aromatic heterocycles. The third-order valence-electron chi connectivity index (χ3n) is 9.18. The molecule has 5 aromatic carbocycles. The topological polar surface area (TPSA) is 59.0 Å². The van der Waals surface area contributed by atoms with Crippen LogP contribution in [0.4, 0.5) is 11.4 Å². The molecular formula is C36H26N2O3. The van der Waals surface area contributed by atoms with Crippen molar-refractivity contribution in [3.05, 3.63) is 138 Å². The van der Waals surface area contributed by atoms with E-state index in [1.54, 1.807) is 7.11 Å². The van der Waals surface area contributed by atoms with Gasteiger partial charge < -0.3 is 4.74 Å². The molecule has 9 rings (SSSR count). The molecule has 1 fully saturated rings. The first-order valence-corrected chi connectivity index (χ1v) is 13.9. The molecule has 2 amide bonds. The van der Waals surface area contributed by atoms with Crippen molar-refractivity contribution in [2.45, 2.75) is 11.3 Å². The van der Waals surface area contributed by atoms with Crippen molar-refractivity contribution in [1.82, 2.24) is 0 Å². The standard InChI is InChI=1S/C36H26N2O3/c1-41-24-19-17-23(18-20-24)37-21-36-28-14-6-4-12-26(28)31(27-13-5-7-15-29(27)36)32-33(36)35(40)38(34(32)39)30-16-8-10-22-9-2-3-11-25(22)30/h2-21,31-33H,1H3/t31?,32-,33-,36?/m0/s1. The third kappa shape index (κ3) is 3.14. The monoisotopic (exact) mass is 534 g/mol. The van der Waals surface area contributed by atoms with Crippen molar-refractivity contribution in [2.75, 3.05) is 12.0 Å². The Kier molecular flexibility index (Phi) is 5.08. The average Bonchev–Trinajstić information content (AvgIpc) is 3.30. The van der Waals surface area contributed by atoms with E-state index in [0.717, 1.165) is 44.5 Å². The van der Waals surface area contributed by atoms with Crippen molar-refractivity contribution in [3.8, 4) is 5.75 Å². The van der Waals surface area contributed by atoms with Gasteiger partial charge in [-0.15, -0.1) is 0 Å². The number of carbonyl (C=O) groups excluding carboxylic acids is 2. The van der Waals surface area contributed by atoms with Crippen LogP contribution in [0, 0.1) is 11.8 Å². The number of ether oxygens (including phenoxy) is 1. The van der Waals surface area contributed by atoms with Gasteiger partial charge in [0.15, 0.2) is 0 Å². The second-order valence-electron chi connectivity index (χ2n) is 11.0. The number of hydrogen-bond acceptors (Lipinski definition) is 4. The molecule has 2 bridgehead atoms. The zero-order valence-corrected chi connectivity index (χ0v) is 22.4. The summed E-state index contributed by atoms with van der Waals surface area (Å²) < 4.78 is 5.33. The molecule has 1 heterocycles. The molecule has 1 aliphatic heterocycles. The van der Waals surface area contributed by atoms with E-state index in [9.17, 15) is 9.59 Å². The minimum Gasteiger partial charge on any atom is -0.497 e. The lowest BCUT2D eigenvalue weighted by atomic mass is 9.47. The minimum absolute atomic E-state index is 0.146. The summed E-state index contributed by atoms with van der Waals surface area (Å²) in [5, 5.41) is 1.88. The van der Waals surface area contributed by atoms with Gasteiger partial charge in [-0.1, -0.05) is 84.9 Å². The molecule has 0 unspecified atom stereocenters. The van der Waals surface area contributed by atoms with Gasteiger partial charge in [0.25, 0.3) is 0 Å². The van der Waals surface area contributed by atoms with Gasteiger partial charge in [-0.05, 0) is 58.0 Å². The molecule has 1 saturated heterocycles. The van der Waals surface area contributed by atoms with Gasteiger partial charge in [0, 0.05) is 17.5 Å². The van der Waals surface area contributed by atoms with Crippen LogP contribution in [0.1, 0.15) is 28.2 Å². The lowest BCUT2D eigenvalue weighted by molar-refractivity contribution is -0.122. The lowest BCUT2D eigenvalue weighted by Gasteiger charge is -2.52. The SMILES string of the molecule is COc1ccc(N=CC23c4ccccc4C(c4ccccc42)[C@@H]2C(=O)N(c4cccc5ccccc45)C(=O)[C@H]23)cc1. The number of aliphatic imine (C=N–C) groups is 1. The summed E-state index contributed by atoms with van der Waals surface area (Å²) in [6.07, 6.45) is 1.93. The second-order valence-corrected chi connectivity index (χ2v) is 11.0. The number of rotatable bonds is 4. The quantitative estimate of drug-likeness (QED) is 0.188. The van der Waals surface area contributed by atoms with Crippen LogP contribution in [0.25, 0.3) is 10.8 Å². The van der Waals surface area contributed by atoms with E-state index in [2.05, 4.69) is 24.3 Å². The predicted molar refractivity (Wildman–Crippen MR) is 160 cm³/mol. The summed E-state index contributed by atoms with van der Waals surface area (Å²) in [7, 11) is 1.64. The second kappa shape index (κ2) is 8.73. The number of methoxy groups -OCH3 is 1. The molecule has 0 N–H and O–H groups in total. The van der Waals surface area contributed by atoms with E-state index in [1.165, 1.54) is 4.90 Å². The molecule has 0 spiro atoms. The fourth-order valence-corrected chi connectivity index (χ4v) is 7.54. The van der Waals surface area contributed by atoms with Gasteiger partial charge >= 0.3 is 0 Å². The highest BCUT2D eigenvalue weighted by Gasteiger charge is 2.68. The van der Waals surface area contributed by atoms with Crippen molar-refractivity contribution in [2.24, 2.45) is 16.8 Å². The molecule has 5 aromatic rings. The number of benzene rings is 5. The summed E-state index contributed by atoms with van der Waals surface area (Å²) >= 11 is 0. The maximum Gasteiger partial charge on any atom is 0.239 e. The Morgan fingerprint density at radius 1 is 0.732 bits per heavy atom. The number of fused-ring (bicyclic) bond motifs is 1. The van der Waals surface area contributed by atoms with Gasteiger partial charge in [0.05, 0.1) is 35.7 Å². The summed E-state index contributed by atoms with van der Waals surface area (Å²) in [5.74, 6) is -0.933. The highest BCUT2D eigenvalue weighted by atomic mass is 16.5. The maximum absolute atomic E-state index is 14.7. The van der Waals surface area contributed by atoms with E-state index in [1.807, 2.05) is 97.2 Å². The number of hydrogen-bond donors (Lipinski definition) is 0. The first-order valence-electron chi connectivity index (χ1n) is 13.9. The van der Waals surface area contributed by atoms with Crippen LogP contribution in [-0.4, -0.2) is 25.1 Å². The maximum atomic E-state index is 14.7. The van der Waals surface area contributed by atoms with E-state index in [0.29, 0.717) is 5.69 Å². The number of carbonyl (C=O) groups is 2. The fourth-order valence-electron chi connectivity index (χ4n) is 7.54. The van der Waals surface area contributed by atoms with Crippen LogP contribution >= 0.6 is 0 Å². The molecule has 198 valence electrons. The van der Waals surface area contributed by atoms with Gasteiger partial charge in [0.1, 0.15) is 5.75 Å². The van der Waals surface area contributed by atoms with Gasteiger partial charge in [-0.25, -0.2) is 4.90 Å². The van der Waals surface area contributed by atoms with Crippen LogP contribution in [0.5, 0.6) is 5.75 Å². The summed E-state index contributed by atoms with van der Waals surface area (Å²) in [4.78, 5) is 35.7. The van der Waals surface area contributed by atoms with Crippen LogP contribution in [0.3, 0.4) is 0 Å². The molecule has 4 aliphatic rings. The Balaban J connectivity index is 1.38. The van der Waals surface area contributed by atoms with Crippen molar-refractivity contribution in [1.29, 1.82) is 0 Å². The average molecular weight is 535 g/mol. The zero-order chi connectivity index (χ0) is 27.7. The molecule has 0 radical (unpaired) electrons. The van der Waals surface area contributed by atoms with Crippen LogP contribution in [0.15, 0.2) is 120 Å². The Morgan fingerprint density at radius 2 is 1.37 bits per heavy atom. The molecule has 5 heteroatoms. The number of anilines is 1. The van der Waals surface area contributed by atoms with Crippen molar-refractivity contribution in [3.63, 3.8) is 0 Å². The van der Waals surface area contributed by atoms with Crippen LogP contribution in [0.2, 0.25) is 0 Å².